The number of benzene rings is 1. The molecule has 5 nitrogen and oxygen atoms in total. The van der Waals surface area contributed by atoms with E-state index >= 15 is 0 Å². The minimum absolute atomic E-state index is 0.0597. The maximum atomic E-state index is 13.4. The van der Waals surface area contributed by atoms with Crippen molar-refractivity contribution in [3.63, 3.8) is 0 Å². The van der Waals surface area contributed by atoms with E-state index in [9.17, 15) is 9.59 Å². The fourth-order valence-corrected chi connectivity index (χ4v) is 6.71. The average molecular weight is 382 g/mol. The van der Waals surface area contributed by atoms with Gasteiger partial charge in [0.2, 0.25) is 11.8 Å². The molecule has 1 N–H and O–H groups in total. The second kappa shape index (κ2) is 7.09. The molecule has 6 rings (SSSR count). The Morgan fingerprint density at radius 2 is 1.39 bits per heavy atom. The first-order valence-electron chi connectivity index (χ1n) is 11.0. The molecule has 1 heterocycles. The number of carbonyl (C=O) groups excluding carboxylic acids is 2. The molecule has 5 fully saturated rings. The second-order valence-corrected chi connectivity index (χ2v) is 9.59. The van der Waals surface area contributed by atoms with Crippen LogP contribution in [0.25, 0.3) is 0 Å². The lowest BCUT2D eigenvalue weighted by molar-refractivity contribution is -0.160. The molecule has 0 spiro atoms. The van der Waals surface area contributed by atoms with Gasteiger partial charge in [0, 0.05) is 31.9 Å². The fraction of sp³-hybridized carbons (Fsp3) is 0.652. The fourth-order valence-electron chi connectivity index (χ4n) is 6.71. The van der Waals surface area contributed by atoms with E-state index in [0.717, 1.165) is 42.7 Å². The highest BCUT2D eigenvalue weighted by atomic mass is 16.2. The van der Waals surface area contributed by atoms with Gasteiger partial charge in [0.15, 0.2) is 0 Å². The molecule has 1 aliphatic heterocycles. The number of piperazine rings is 1. The van der Waals surface area contributed by atoms with Crippen LogP contribution < -0.4 is 5.32 Å². The minimum atomic E-state index is -0.0597. The Bertz CT molecular complexity index is 704. The molecule has 5 aliphatic rings. The summed E-state index contributed by atoms with van der Waals surface area (Å²) in [6, 6.07) is 9.82. The second-order valence-electron chi connectivity index (χ2n) is 9.59. The minimum Gasteiger partial charge on any atom is -0.376 e. The van der Waals surface area contributed by atoms with Gasteiger partial charge in [0.25, 0.3) is 0 Å². The summed E-state index contributed by atoms with van der Waals surface area (Å²) in [5.41, 5.74) is 0.905. The molecule has 4 bridgehead atoms. The van der Waals surface area contributed by atoms with E-state index in [2.05, 4.69) is 10.2 Å². The summed E-state index contributed by atoms with van der Waals surface area (Å²) < 4.78 is 0. The third-order valence-electron chi connectivity index (χ3n) is 7.63. The average Bonchev–Trinajstić information content (AvgIpc) is 2.71. The maximum absolute atomic E-state index is 13.4. The Labute approximate surface area is 167 Å². The number of amides is 2. The zero-order valence-corrected chi connectivity index (χ0v) is 16.6. The zero-order valence-electron chi connectivity index (χ0n) is 16.6. The van der Waals surface area contributed by atoms with Crippen molar-refractivity contribution in [1.82, 2.24) is 9.80 Å². The Hall–Kier alpha value is -2.04. The quantitative estimate of drug-likeness (QED) is 0.872. The molecule has 2 amide bonds. The predicted octanol–water partition coefficient (Wildman–Crippen LogP) is 2.99. The van der Waals surface area contributed by atoms with Gasteiger partial charge in [-0.2, -0.15) is 0 Å². The summed E-state index contributed by atoms with van der Waals surface area (Å²) in [5.74, 6) is 2.90. The number of rotatable bonds is 4. The van der Waals surface area contributed by atoms with Gasteiger partial charge in [-0.1, -0.05) is 18.2 Å². The van der Waals surface area contributed by atoms with Crippen LogP contribution in [0.2, 0.25) is 0 Å². The van der Waals surface area contributed by atoms with Crippen LogP contribution in [0.4, 0.5) is 5.69 Å². The largest absolute Gasteiger partial charge is 0.376 e. The van der Waals surface area contributed by atoms with Crippen molar-refractivity contribution in [2.45, 2.75) is 38.5 Å². The topological polar surface area (TPSA) is 52.7 Å². The first-order valence-corrected chi connectivity index (χ1v) is 11.0. The molecule has 0 atom stereocenters. The Morgan fingerprint density at radius 3 is 1.96 bits per heavy atom. The Morgan fingerprint density at radius 1 is 0.857 bits per heavy atom. The smallest absolute Gasteiger partial charge is 0.241 e. The number of nitrogens with one attached hydrogen (secondary N) is 1. The van der Waals surface area contributed by atoms with Crippen LogP contribution in [0.1, 0.15) is 38.5 Å². The molecule has 150 valence electrons. The number of carbonyl (C=O) groups is 2. The molecule has 28 heavy (non-hydrogen) atoms. The molecular formula is C23H31N3O2. The lowest BCUT2D eigenvalue weighted by Gasteiger charge is -2.57. The van der Waals surface area contributed by atoms with Gasteiger partial charge < -0.3 is 15.1 Å². The van der Waals surface area contributed by atoms with Crippen molar-refractivity contribution in [1.29, 1.82) is 0 Å². The third-order valence-corrected chi connectivity index (χ3v) is 7.63. The molecule has 1 aromatic carbocycles. The molecule has 4 saturated carbocycles. The highest BCUT2D eigenvalue weighted by Crippen LogP contribution is 2.60. The number of hydrogen-bond acceptors (Lipinski definition) is 3. The molecule has 0 radical (unpaired) electrons. The van der Waals surface area contributed by atoms with Crippen LogP contribution in [0, 0.1) is 23.2 Å². The number of para-hydroxylation sites is 1. The maximum Gasteiger partial charge on any atom is 0.241 e. The van der Waals surface area contributed by atoms with E-state index in [4.69, 9.17) is 0 Å². The van der Waals surface area contributed by atoms with Crippen molar-refractivity contribution in [3.8, 4) is 0 Å². The third kappa shape index (κ3) is 3.29. The van der Waals surface area contributed by atoms with Crippen LogP contribution >= 0.6 is 0 Å². The van der Waals surface area contributed by atoms with E-state index in [-0.39, 0.29) is 11.3 Å². The van der Waals surface area contributed by atoms with Crippen LogP contribution in [-0.2, 0) is 9.59 Å². The molecule has 0 aromatic heterocycles. The molecule has 0 unspecified atom stereocenters. The van der Waals surface area contributed by atoms with Crippen molar-refractivity contribution in [3.05, 3.63) is 30.3 Å². The van der Waals surface area contributed by atoms with Crippen molar-refractivity contribution in [2.75, 3.05) is 38.0 Å². The van der Waals surface area contributed by atoms with Gasteiger partial charge in [-0.25, -0.2) is 0 Å². The number of anilines is 1. The summed E-state index contributed by atoms with van der Waals surface area (Å²) in [7, 11) is 0. The van der Waals surface area contributed by atoms with Crippen LogP contribution in [0.5, 0.6) is 0 Å². The molecular weight excluding hydrogens is 350 g/mol. The summed E-state index contributed by atoms with van der Waals surface area (Å²) >= 11 is 0. The first-order chi connectivity index (χ1) is 13.6. The van der Waals surface area contributed by atoms with Gasteiger partial charge in [-0.05, 0) is 68.4 Å². The molecule has 1 saturated heterocycles. The highest BCUT2D eigenvalue weighted by molar-refractivity contribution is 5.84. The summed E-state index contributed by atoms with van der Waals surface area (Å²) in [5, 5.41) is 3.19. The van der Waals surface area contributed by atoms with Crippen molar-refractivity contribution >= 4 is 17.5 Å². The Balaban J connectivity index is 1.15. The summed E-state index contributed by atoms with van der Waals surface area (Å²) in [6.45, 7) is 3.02. The molecule has 4 aliphatic carbocycles. The van der Waals surface area contributed by atoms with Crippen LogP contribution in [0.15, 0.2) is 30.3 Å². The van der Waals surface area contributed by atoms with E-state index in [1.165, 1.54) is 19.3 Å². The SMILES string of the molecule is O=C(CNc1ccccc1)N1CCN(C(=O)C23CC4CC(CC(C4)C2)C3)CC1. The van der Waals surface area contributed by atoms with Crippen molar-refractivity contribution < 1.29 is 9.59 Å². The van der Waals surface area contributed by atoms with E-state index < -0.39 is 0 Å². The molecule has 1 aromatic rings. The summed E-state index contributed by atoms with van der Waals surface area (Å²) in [4.78, 5) is 30.0. The lowest BCUT2D eigenvalue weighted by atomic mass is 9.49. The van der Waals surface area contributed by atoms with E-state index in [1.54, 1.807) is 0 Å². The lowest BCUT2D eigenvalue weighted by Crippen LogP contribution is -2.59. The van der Waals surface area contributed by atoms with Gasteiger partial charge >= 0.3 is 0 Å². The van der Waals surface area contributed by atoms with Gasteiger partial charge in [-0.15, -0.1) is 0 Å². The van der Waals surface area contributed by atoms with Crippen LogP contribution in [0.3, 0.4) is 0 Å². The standard InChI is InChI=1S/C23H31N3O2/c27-21(16-24-20-4-2-1-3-5-20)25-6-8-26(9-7-25)22(28)23-13-17-10-18(14-23)12-19(11-17)15-23/h1-5,17-19,24H,6-16H2. The highest BCUT2D eigenvalue weighted by Gasteiger charge is 2.55. The first kappa shape index (κ1) is 18.0. The number of hydrogen-bond donors (Lipinski definition) is 1. The van der Waals surface area contributed by atoms with Crippen molar-refractivity contribution in [2.24, 2.45) is 23.2 Å². The normalized spacial score (nSPS) is 33.8. The van der Waals surface area contributed by atoms with Crippen LogP contribution in [-0.4, -0.2) is 54.3 Å². The summed E-state index contributed by atoms with van der Waals surface area (Å²) in [6.07, 6.45) is 7.46. The molecule has 5 heteroatoms. The van der Waals surface area contributed by atoms with Gasteiger partial charge in [-0.3, -0.25) is 9.59 Å². The van der Waals surface area contributed by atoms with E-state index in [0.29, 0.717) is 38.6 Å². The monoisotopic (exact) mass is 381 g/mol. The Kier molecular flexibility index (Phi) is 4.56. The van der Waals surface area contributed by atoms with E-state index in [1.807, 2.05) is 35.2 Å². The number of nitrogens with zero attached hydrogens (tertiary/aromatic N) is 2. The zero-order chi connectivity index (χ0) is 19.1. The van der Waals surface area contributed by atoms with Gasteiger partial charge in [0.05, 0.1) is 12.0 Å². The van der Waals surface area contributed by atoms with Gasteiger partial charge in [0.1, 0.15) is 0 Å². The predicted molar refractivity (Wildman–Crippen MR) is 109 cm³/mol.